The number of carbonyl (C=O) groups excluding carboxylic acids is 4. The van der Waals surface area contributed by atoms with E-state index in [2.05, 4.69) is 20.8 Å². The molecule has 2 aliphatic heterocycles. The van der Waals surface area contributed by atoms with Crippen molar-refractivity contribution < 1.29 is 29.0 Å². The van der Waals surface area contributed by atoms with Gasteiger partial charge in [-0.3, -0.25) is 24.1 Å². The highest BCUT2D eigenvalue weighted by Crippen LogP contribution is 2.55. The number of imide groups is 1. The number of allylic oxidation sites excluding steroid dienone is 6. The highest BCUT2D eigenvalue weighted by molar-refractivity contribution is 9.12. The van der Waals surface area contributed by atoms with Gasteiger partial charge in [0.05, 0.1) is 35.2 Å². The monoisotopic (exact) mass is 628 g/mol. The zero-order chi connectivity index (χ0) is 29.3. The summed E-state index contributed by atoms with van der Waals surface area (Å²) in [5.74, 6) is -3.01. The summed E-state index contributed by atoms with van der Waals surface area (Å²) in [5, 5.41) is 10.2. The molecule has 2 aromatic rings. The van der Waals surface area contributed by atoms with Crippen LogP contribution in [-0.2, 0) is 23.9 Å². The van der Waals surface area contributed by atoms with Crippen LogP contribution in [0.1, 0.15) is 29.9 Å². The summed E-state index contributed by atoms with van der Waals surface area (Å²) in [5.41, 5.74) is 4.67. The molecular weight excluding hydrogens is 600 g/mol. The fourth-order valence-corrected chi connectivity index (χ4v) is 7.78. The maximum atomic E-state index is 14.1. The van der Waals surface area contributed by atoms with Gasteiger partial charge in [0.15, 0.2) is 11.6 Å². The lowest BCUT2D eigenvalue weighted by Gasteiger charge is -2.42. The number of amides is 2. The van der Waals surface area contributed by atoms with Crippen molar-refractivity contribution in [1.29, 1.82) is 0 Å². The van der Waals surface area contributed by atoms with Gasteiger partial charge in [0.25, 0.3) is 0 Å². The molecule has 0 saturated carbocycles. The predicted octanol–water partition coefficient (Wildman–Crippen LogP) is 4.50. The second kappa shape index (κ2) is 10.2. The number of carbonyl (C=O) groups is 4. The average Bonchev–Trinajstić information content (AvgIpc) is 3.26. The summed E-state index contributed by atoms with van der Waals surface area (Å²) >= 11 is 3.26. The lowest BCUT2D eigenvalue weighted by Crippen LogP contribution is -2.39. The van der Waals surface area contributed by atoms with Gasteiger partial charge in [-0.1, -0.05) is 23.8 Å². The molecule has 4 atom stereocenters. The molecule has 0 aromatic heterocycles. The third-order valence-electron chi connectivity index (χ3n) is 9.37. The molecule has 2 saturated heterocycles. The summed E-state index contributed by atoms with van der Waals surface area (Å²) in [6.45, 7) is 4.68. The molecule has 7 rings (SSSR count). The van der Waals surface area contributed by atoms with Gasteiger partial charge in [-0.05, 0) is 83.1 Å². The number of morpholine rings is 1. The second-order valence-corrected chi connectivity index (χ2v) is 12.4. The number of nitrogens with zero attached hydrogens (tertiary/aromatic N) is 2. The predicted molar refractivity (Wildman–Crippen MR) is 159 cm³/mol. The molecule has 2 fully saturated rings. The van der Waals surface area contributed by atoms with Gasteiger partial charge in [-0.25, -0.2) is 0 Å². The Morgan fingerprint density at radius 1 is 0.929 bits per heavy atom. The van der Waals surface area contributed by atoms with Crippen LogP contribution in [0.25, 0.3) is 0 Å². The molecular formula is C33H29BrN2O6. The van der Waals surface area contributed by atoms with Gasteiger partial charge in [0.1, 0.15) is 5.75 Å². The van der Waals surface area contributed by atoms with Gasteiger partial charge in [0, 0.05) is 41.9 Å². The number of aromatic hydroxyl groups is 1. The topological polar surface area (TPSA) is 104 Å². The SMILES string of the molecule is Cc1cc([C@H]2C3=CC[C@@H]4C(=O)N(c5ccc(N6CCOCC6)cc5)C(=O)[C@@H]4[C@@H]3CC3=C2C(=O)C=C(Br)C3=O)ccc1O. The van der Waals surface area contributed by atoms with Crippen LogP contribution in [-0.4, -0.2) is 54.8 Å². The van der Waals surface area contributed by atoms with E-state index >= 15 is 0 Å². The van der Waals surface area contributed by atoms with Gasteiger partial charge in [0.2, 0.25) is 11.8 Å². The number of ether oxygens (including phenoxy) is 1. The molecule has 0 radical (unpaired) electrons. The molecule has 2 amide bonds. The van der Waals surface area contributed by atoms with E-state index in [1.807, 2.05) is 36.4 Å². The van der Waals surface area contributed by atoms with Crippen LogP contribution >= 0.6 is 15.9 Å². The van der Waals surface area contributed by atoms with Gasteiger partial charge < -0.3 is 14.7 Å². The number of phenols is 1. The van der Waals surface area contributed by atoms with Crippen molar-refractivity contribution in [2.24, 2.45) is 17.8 Å². The van der Waals surface area contributed by atoms with Gasteiger partial charge in [-0.15, -0.1) is 0 Å². The van der Waals surface area contributed by atoms with Crippen molar-refractivity contribution in [2.45, 2.75) is 25.7 Å². The number of rotatable bonds is 3. The van der Waals surface area contributed by atoms with E-state index in [4.69, 9.17) is 4.74 Å². The van der Waals surface area contributed by atoms with E-state index in [1.165, 1.54) is 11.0 Å². The Morgan fingerprint density at radius 2 is 1.64 bits per heavy atom. The fraction of sp³-hybridized carbons (Fsp3) is 0.333. The molecule has 0 bridgehead atoms. The van der Waals surface area contributed by atoms with Crippen LogP contribution in [0.4, 0.5) is 11.4 Å². The number of halogens is 1. The molecule has 0 spiro atoms. The Labute approximate surface area is 251 Å². The molecule has 9 heteroatoms. The van der Waals surface area contributed by atoms with Crippen LogP contribution in [0.15, 0.2) is 75.8 Å². The third kappa shape index (κ3) is 4.13. The number of anilines is 2. The molecule has 8 nitrogen and oxygen atoms in total. The van der Waals surface area contributed by atoms with E-state index in [-0.39, 0.29) is 40.0 Å². The zero-order valence-electron chi connectivity index (χ0n) is 23.0. The summed E-state index contributed by atoms with van der Waals surface area (Å²) in [6.07, 6.45) is 3.91. The minimum absolute atomic E-state index is 0.138. The number of ketones is 2. The summed E-state index contributed by atoms with van der Waals surface area (Å²) in [4.78, 5) is 58.2. The number of fused-ring (bicyclic) bond motifs is 3. The van der Waals surface area contributed by atoms with Crippen molar-refractivity contribution in [3.05, 3.63) is 86.9 Å². The Bertz CT molecular complexity index is 1650. The van der Waals surface area contributed by atoms with E-state index in [0.29, 0.717) is 42.0 Å². The first kappa shape index (κ1) is 27.0. The van der Waals surface area contributed by atoms with Gasteiger partial charge >= 0.3 is 0 Å². The maximum absolute atomic E-state index is 14.1. The number of hydrogen-bond donors (Lipinski definition) is 1. The summed E-state index contributed by atoms with van der Waals surface area (Å²) < 4.78 is 5.64. The van der Waals surface area contributed by atoms with Crippen LogP contribution in [0.3, 0.4) is 0 Å². The molecule has 0 unspecified atom stereocenters. The number of hydrogen-bond acceptors (Lipinski definition) is 7. The number of aryl methyl sites for hydroxylation is 1. The van der Waals surface area contributed by atoms with Crippen LogP contribution in [0.2, 0.25) is 0 Å². The smallest absolute Gasteiger partial charge is 0.238 e. The van der Waals surface area contributed by atoms with Gasteiger partial charge in [-0.2, -0.15) is 0 Å². The first-order chi connectivity index (χ1) is 20.2. The summed E-state index contributed by atoms with van der Waals surface area (Å²) in [6, 6.07) is 12.7. The lowest BCUT2D eigenvalue weighted by atomic mass is 9.59. The standard InChI is InChI=1S/C33H29BrN2O6/c1-17-14-18(2-9-26(17)37)28-21-7-8-22-29(23(21)15-24-30(28)27(38)16-25(34)31(24)39)33(41)36(32(22)40)20-5-3-19(4-6-20)35-10-12-42-13-11-35/h2-7,9,14,16,22-23,28-29,37H,8,10-13,15H2,1H3/t22-,23+,28-,29-/m0/s1. The van der Waals surface area contributed by atoms with Crippen molar-refractivity contribution >= 4 is 50.7 Å². The van der Waals surface area contributed by atoms with E-state index in [9.17, 15) is 24.3 Å². The molecule has 214 valence electrons. The largest absolute Gasteiger partial charge is 0.508 e. The third-order valence-corrected chi connectivity index (χ3v) is 9.96. The Morgan fingerprint density at radius 3 is 2.36 bits per heavy atom. The van der Waals surface area contributed by atoms with E-state index in [1.54, 1.807) is 19.1 Å². The first-order valence-corrected chi connectivity index (χ1v) is 15.0. The summed E-state index contributed by atoms with van der Waals surface area (Å²) in [7, 11) is 0. The molecule has 42 heavy (non-hydrogen) atoms. The highest BCUT2D eigenvalue weighted by atomic mass is 79.9. The van der Waals surface area contributed by atoms with Crippen molar-refractivity contribution in [1.82, 2.24) is 0 Å². The highest BCUT2D eigenvalue weighted by Gasteiger charge is 2.56. The van der Waals surface area contributed by atoms with E-state index in [0.717, 1.165) is 29.9 Å². The molecule has 2 heterocycles. The molecule has 3 aliphatic carbocycles. The number of phenolic OH excluding ortho intramolecular Hbond substituents is 1. The fourth-order valence-electron chi connectivity index (χ4n) is 7.33. The number of benzene rings is 2. The minimum atomic E-state index is -0.640. The van der Waals surface area contributed by atoms with E-state index < -0.39 is 23.7 Å². The molecule has 5 aliphatic rings. The van der Waals surface area contributed by atoms with Crippen LogP contribution < -0.4 is 9.80 Å². The zero-order valence-corrected chi connectivity index (χ0v) is 24.6. The first-order valence-electron chi connectivity index (χ1n) is 14.2. The molecule has 1 N–H and O–H groups in total. The normalized spacial score (nSPS) is 27.5. The molecule has 2 aromatic carbocycles. The van der Waals surface area contributed by atoms with Crippen molar-refractivity contribution in [2.75, 3.05) is 36.1 Å². The average molecular weight is 630 g/mol. The Kier molecular flexibility index (Phi) is 6.55. The quantitative estimate of drug-likeness (QED) is 0.303. The van der Waals surface area contributed by atoms with Crippen LogP contribution in [0, 0.1) is 24.7 Å². The second-order valence-electron chi connectivity index (χ2n) is 11.6. The van der Waals surface area contributed by atoms with Crippen molar-refractivity contribution in [3.63, 3.8) is 0 Å². The Balaban J connectivity index is 1.27. The minimum Gasteiger partial charge on any atom is -0.508 e. The lowest BCUT2D eigenvalue weighted by molar-refractivity contribution is -0.123. The van der Waals surface area contributed by atoms with Crippen LogP contribution in [0.5, 0.6) is 5.75 Å². The number of Topliss-reactive ketones (excluding diaryl/α,β-unsaturated/α-hetero) is 1. The van der Waals surface area contributed by atoms with Crippen molar-refractivity contribution in [3.8, 4) is 5.75 Å². The Hall–Kier alpha value is -3.82. The maximum Gasteiger partial charge on any atom is 0.238 e.